The van der Waals surface area contributed by atoms with Crippen LogP contribution in [0.2, 0.25) is 0 Å². The van der Waals surface area contributed by atoms with Crippen molar-refractivity contribution >= 4 is 22.8 Å². The molecule has 2 saturated heterocycles. The molecule has 0 radical (unpaired) electrons. The van der Waals surface area contributed by atoms with Gasteiger partial charge in [0.2, 0.25) is 5.91 Å². The van der Waals surface area contributed by atoms with Crippen LogP contribution in [0.1, 0.15) is 12.1 Å². The number of benzene rings is 1. The molecule has 2 fully saturated rings. The van der Waals surface area contributed by atoms with Crippen molar-refractivity contribution in [3.8, 4) is 17.6 Å². The lowest BCUT2D eigenvalue weighted by Gasteiger charge is -2.25. The fourth-order valence-corrected chi connectivity index (χ4v) is 4.35. The Morgan fingerprint density at radius 3 is 2.94 bits per heavy atom. The van der Waals surface area contributed by atoms with Crippen molar-refractivity contribution in [2.45, 2.75) is 12.5 Å². The van der Waals surface area contributed by atoms with Gasteiger partial charge in [-0.2, -0.15) is 0 Å². The number of nitrogens with one attached hydrogen (secondary N) is 2. The zero-order valence-electron chi connectivity index (χ0n) is 20.2. The highest BCUT2D eigenvalue weighted by Gasteiger charge is 2.26. The summed E-state index contributed by atoms with van der Waals surface area (Å²) in [5.74, 6) is 7.71. The van der Waals surface area contributed by atoms with E-state index in [1.54, 1.807) is 6.08 Å². The number of aromatic nitrogens is 3. The number of ether oxygens (including phenoxy) is 2. The van der Waals surface area contributed by atoms with Gasteiger partial charge in [0.15, 0.2) is 0 Å². The fourth-order valence-electron chi connectivity index (χ4n) is 4.35. The molecule has 0 aliphatic carbocycles. The molecule has 2 aliphatic heterocycles. The molecule has 2 aromatic heterocycles. The zero-order valence-corrected chi connectivity index (χ0v) is 20.2. The van der Waals surface area contributed by atoms with E-state index in [1.807, 2.05) is 47.4 Å². The highest BCUT2D eigenvalue weighted by Crippen LogP contribution is 2.23. The molecule has 36 heavy (non-hydrogen) atoms. The number of hydrogen-bond donors (Lipinski definition) is 2. The molecule has 4 heterocycles. The molecule has 2 aliphatic rings. The van der Waals surface area contributed by atoms with Crippen LogP contribution >= 0.6 is 0 Å². The van der Waals surface area contributed by atoms with Gasteiger partial charge in [-0.1, -0.05) is 30.2 Å². The van der Waals surface area contributed by atoms with Gasteiger partial charge in [0.1, 0.15) is 30.1 Å². The van der Waals surface area contributed by atoms with Crippen molar-refractivity contribution in [3.63, 3.8) is 0 Å². The van der Waals surface area contributed by atoms with Gasteiger partial charge in [-0.05, 0) is 30.5 Å². The Balaban J connectivity index is 1.15. The Morgan fingerprint density at radius 2 is 2.08 bits per heavy atom. The van der Waals surface area contributed by atoms with Gasteiger partial charge in [0.25, 0.3) is 0 Å². The molecule has 1 aromatic carbocycles. The zero-order chi connectivity index (χ0) is 24.6. The molecule has 0 bridgehead atoms. The number of carbonyl (C=O) groups excluding carboxylic acids is 1. The Morgan fingerprint density at radius 1 is 1.22 bits per heavy atom. The molecular formula is C27H30N6O3. The lowest BCUT2D eigenvalue weighted by Crippen LogP contribution is -2.36. The average Bonchev–Trinajstić information content (AvgIpc) is 3.55. The molecule has 9 heteroatoms. The number of rotatable bonds is 7. The molecule has 5 rings (SSSR count). The topological polar surface area (TPSA) is 95.6 Å². The number of para-hydroxylation sites is 1. The summed E-state index contributed by atoms with van der Waals surface area (Å²) in [4.78, 5) is 28.8. The number of morpholine rings is 1. The van der Waals surface area contributed by atoms with Crippen LogP contribution in [0, 0.1) is 11.8 Å². The number of nitrogens with zero attached hydrogens (tertiary/aromatic N) is 4. The minimum atomic E-state index is 0.0531. The molecule has 0 saturated carbocycles. The third-order valence-corrected chi connectivity index (χ3v) is 6.27. The Labute approximate surface area is 210 Å². The van der Waals surface area contributed by atoms with Crippen LogP contribution in [0.3, 0.4) is 0 Å². The number of amides is 1. The van der Waals surface area contributed by atoms with Crippen molar-refractivity contribution < 1.29 is 14.3 Å². The van der Waals surface area contributed by atoms with E-state index in [0.29, 0.717) is 13.2 Å². The highest BCUT2D eigenvalue weighted by atomic mass is 16.5. The Kier molecular flexibility index (Phi) is 7.76. The number of likely N-dealkylation sites (tertiary alicyclic amines) is 1. The third-order valence-electron chi connectivity index (χ3n) is 6.27. The molecule has 186 valence electrons. The van der Waals surface area contributed by atoms with Crippen molar-refractivity contribution in [1.29, 1.82) is 0 Å². The molecule has 1 atom stereocenters. The smallest absolute Gasteiger partial charge is 0.246 e. The second-order valence-corrected chi connectivity index (χ2v) is 8.80. The van der Waals surface area contributed by atoms with E-state index >= 15 is 0 Å². The maximum atomic E-state index is 12.6. The lowest BCUT2D eigenvalue weighted by molar-refractivity contribution is -0.125. The van der Waals surface area contributed by atoms with Crippen LogP contribution in [0.5, 0.6) is 5.75 Å². The summed E-state index contributed by atoms with van der Waals surface area (Å²) in [6, 6.07) is 11.7. The van der Waals surface area contributed by atoms with Crippen molar-refractivity contribution in [3.05, 3.63) is 60.6 Å². The van der Waals surface area contributed by atoms with E-state index < -0.39 is 0 Å². The Bertz CT molecular complexity index is 1260. The van der Waals surface area contributed by atoms with E-state index in [9.17, 15) is 4.79 Å². The fraction of sp³-hybridized carbons (Fsp3) is 0.370. The first kappa shape index (κ1) is 23.9. The van der Waals surface area contributed by atoms with Gasteiger partial charge in [-0.3, -0.25) is 9.69 Å². The number of carbonyl (C=O) groups is 1. The normalized spacial score (nSPS) is 18.3. The van der Waals surface area contributed by atoms with Gasteiger partial charge in [0.05, 0.1) is 24.3 Å². The maximum Gasteiger partial charge on any atom is 0.246 e. The Hall–Kier alpha value is -3.87. The van der Waals surface area contributed by atoms with Crippen molar-refractivity contribution in [2.24, 2.45) is 0 Å². The number of H-pyrrole nitrogens is 1. The number of hydrogen-bond acceptors (Lipinski definition) is 7. The first-order valence-corrected chi connectivity index (χ1v) is 12.3. The summed E-state index contributed by atoms with van der Waals surface area (Å²) < 4.78 is 11.0. The molecule has 1 amide bonds. The summed E-state index contributed by atoms with van der Waals surface area (Å²) in [5, 5.41) is 4.37. The van der Waals surface area contributed by atoms with E-state index in [0.717, 1.165) is 74.1 Å². The van der Waals surface area contributed by atoms with Gasteiger partial charge in [0, 0.05) is 44.8 Å². The standard InChI is InChI=1S/C27H30N6O3/c34-25(9-4-11-32-13-16-35-17-14-32)33-12-10-22(19-33)31-27-24-18-21(30-26(24)28-20-29-27)6-5-15-36-23-7-2-1-3-8-23/h1-4,7-9,18,20,22H,10-17,19H2,(H2,28,29,30,31)/b9-4+. The van der Waals surface area contributed by atoms with Crippen molar-refractivity contribution in [2.75, 3.05) is 57.9 Å². The monoisotopic (exact) mass is 486 g/mol. The summed E-state index contributed by atoms with van der Waals surface area (Å²) in [7, 11) is 0. The molecule has 3 aromatic rings. The highest BCUT2D eigenvalue weighted by molar-refractivity contribution is 5.89. The van der Waals surface area contributed by atoms with Crippen LogP contribution < -0.4 is 10.1 Å². The molecule has 1 unspecified atom stereocenters. The molecule has 2 N–H and O–H groups in total. The predicted molar refractivity (Wildman–Crippen MR) is 138 cm³/mol. The summed E-state index contributed by atoms with van der Waals surface area (Å²) in [5.41, 5.74) is 1.47. The van der Waals surface area contributed by atoms with Crippen LogP contribution in [-0.2, 0) is 9.53 Å². The van der Waals surface area contributed by atoms with E-state index in [4.69, 9.17) is 9.47 Å². The second-order valence-electron chi connectivity index (χ2n) is 8.80. The van der Waals surface area contributed by atoms with E-state index in [-0.39, 0.29) is 11.9 Å². The maximum absolute atomic E-state index is 12.6. The predicted octanol–water partition coefficient (Wildman–Crippen LogP) is 2.29. The molecule has 0 spiro atoms. The minimum Gasteiger partial charge on any atom is -0.481 e. The summed E-state index contributed by atoms with van der Waals surface area (Å²) >= 11 is 0. The minimum absolute atomic E-state index is 0.0531. The SMILES string of the molecule is O=C(/C=C/CN1CCOCC1)N1CCC(Nc2ncnc3[nH]c(C#CCOc4ccccc4)cc23)C1. The van der Waals surface area contributed by atoms with Gasteiger partial charge in [-0.15, -0.1) is 0 Å². The van der Waals surface area contributed by atoms with Crippen LogP contribution in [0.4, 0.5) is 5.82 Å². The quantitative estimate of drug-likeness (QED) is 0.391. The first-order chi connectivity index (χ1) is 17.7. The first-order valence-electron chi connectivity index (χ1n) is 12.3. The van der Waals surface area contributed by atoms with Gasteiger partial charge < -0.3 is 24.7 Å². The van der Waals surface area contributed by atoms with Crippen molar-refractivity contribution in [1.82, 2.24) is 24.8 Å². The summed E-state index contributed by atoms with van der Waals surface area (Å²) in [6.07, 6.45) is 6.04. The van der Waals surface area contributed by atoms with E-state index in [2.05, 4.69) is 37.0 Å². The second kappa shape index (κ2) is 11.7. The number of anilines is 1. The molecular weight excluding hydrogens is 456 g/mol. The van der Waals surface area contributed by atoms with E-state index in [1.165, 1.54) is 6.33 Å². The van der Waals surface area contributed by atoms with Crippen LogP contribution in [0.15, 0.2) is 54.9 Å². The summed E-state index contributed by atoms with van der Waals surface area (Å²) in [6.45, 7) is 5.78. The van der Waals surface area contributed by atoms with Gasteiger partial charge >= 0.3 is 0 Å². The van der Waals surface area contributed by atoms with Gasteiger partial charge in [-0.25, -0.2) is 9.97 Å². The number of fused-ring (bicyclic) bond motifs is 1. The number of aromatic amines is 1. The van der Waals surface area contributed by atoms with Crippen LogP contribution in [0.25, 0.3) is 11.0 Å². The van der Waals surface area contributed by atoms with Crippen LogP contribution in [-0.4, -0.2) is 89.2 Å². The lowest BCUT2D eigenvalue weighted by atomic mass is 10.2. The average molecular weight is 487 g/mol. The largest absolute Gasteiger partial charge is 0.481 e. The molecule has 9 nitrogen and oxygen atoms in total. The third kappa shape index (κ3) is 6.22.